The zero-order valence-corrected chi connectivity index (χ0v) is 12.4. The fraction of sp³-hybridized carbons (Fsp3) is 0.600. The normalized spacial score (nSPS) is 18.2. The predicted molar refractivity (Wildman–Crippen MR) is 79.6 cm³/mol. The zero-order valence-electron chi connectivity index (χ0n) is 10.9. The third-order valence-electron chi connectivity index (χ3n) is 3.97. The van der Waals surface area contributed by atoms with Gasteiger partial charge >= 0.3 is 0 Å². The van der Waals surface area contributed by atoms with E-state index in [-0.39, 0.29) is 0 Å². The van der Waals surface area contributed by atoms with Gasteiger partial charge in [-0.05, 0) is 43.5 Å². The maximum atomic E-state index is 6.06. The van der Waals surface area contributed by atoms with Crippen LogP contribution in [0.2, 0.25) is 10.0 Å². The monoisotopic (exact) mass is 285 g/mol. The number of likely N-dealkylation sites (N-methyl/N-ethyl adjacent to an activating group) is 1. The van der Waals surface area contributed by atoms with Crippen LogP contribution in [0.4, 0.5) is 0 Å². The van der Waals surface area contributed by atoms with Gasteiger partial charge in [0, 0.05) is 6.04 Å². The Hall–Kier alpha value is -0.240. The van der Waals surface area contributed by atoms with E-state index in [1.807, 2.05) is 12.1 Å². The molecule has 1 saturated carbocycles. The molecule has 1 aromatic carbocycles. The summed E-state index contributed by atoms with van der Waals surface area (Å²) < 4.78 is 0. The van der Waals surface area contributed by atoms with Crippen molar-refractivity contribution in [1.29, 1.82) is 0 Å². The average molecular weight is 286 g/mol. The molecule has 0 aliphatic heterocycles. The molecule has 0 amide bonds. The van der Waals surface area contributed by atoms with Crippen LogP contribution in [0, 0.1) is 5.92 Å². The van der Waals surface area contributed by atoms with Gasteiger partial charge in [0.25, 0.3) is 0 Å². The first-order chi connectivity index (χ1) is 8.69. The van der Waals surface area contributed by atoms with Gasteiger partial charge in [-0.2, -0.15) is 0 Å². The number of hydrogen-bond acceptors (Lipinski definition) is 1. The van der Waals surface area contributed by atoms with E-state index in [0.717, 1.165) is 12.3 Å². The van der Waals surface area contributed by atoms with Crippen LogP contribution in [0.25, 0.3) is 0 Å². The summed E-state index contributed by atoms with van der Waals surface area (Å²) in [6.45, 7) is 0. The molecule has 1 atom stereocenters. The minimum atomic E-state index is 0.547. The van der Waals surface area contributed by atoms with Crippen LogP contribution in [-0.4, -0.2) is 13.1 Å². The molecule has 0 bridgehead atoms. The molecule has 100 valence electrons. The lowest BCUT2D eigenvalue weighted by Crippen LogP contribution is -2.29. The molecule has 2 rings (SSSR count). The highest BCUT2D eigenvalue weighted by atomic mass is 35.5. The lowest BCUT2D eigenvalue weighted by Gasteiger charge is -2.20. The molecule has 0 saturated heterocycles. The van der Waals surface area contributed by atoms with Gasteiger partial charge in [0.2, 0.25) is 0 Å². The molecule has 1 fully saturated rings. The van der Waals surface area contributed by atoms with Crippen LogP contribution in [-0.2, 0) is 6.42 Å². The average Bonchev–Trinajstić information content (AvgIpc) is 2.86. The van der Waals surface area contributed by atoms with Gasteiger partial charge in [-0.25, -0.2) is 0 Å². The first kappa shape index (κ1) is 14.2. The Morgan fingerprint density at radius 1 is 1.22 bits per heavy atom. The lowest BCUT2D eigenvalue weighted by molar-refractivity contribution is 0.402. The van der Waals surface area contributed by atoms with Gasteiger partial charge in [-0.1, -0.05) is 55.0 Å². The SMILES string of the molecule is CNC(Cc1ccc(Cl)c(Cl)c1)CC1CCCC1. The third-order valence-corrected chi connectivity index (χ3v) is 4.71. The van der Waals surface area contributed by atoms with E-state index >= 15 is 0 Å². The fourth-order valence-electron chi connectivity index (χ4n) is 2.90. The van der Waals surface area contributed by atoms with E-state index in [9.17, 15) is 0 Å². The van der Waals surface area contributed by atoms with E-state index in [1.165, 1.54) is 37.7 Å². The highest BCUT2D eigenvalue weighted by Crippen LogP contribution is 2.30. The Balaban J connectivity index is 1.94. The highest BCUT2D eigenvalue weighted by molar-refractivity contribution is 6.42. The van der Waals surface area contributed by atoms with Crippen molar-refractivity contribution in [2.24, 2.45) is 5.92 Å². The number of nitrogens with one attached hydrogen (secondary N) is 1. The van der Waals surface area contributed by atoms with E-state index in [2.05, 4.69) is 18.4 Å². The molecule has 18 heavy (non-hydrogen) atoms. The molecule has 0 aromatic heterocycles. The van der Waals surface area contributed by atoms with Crippen LogP contribution in [0.3, 0.4) is 0 Å². The van der Waals surface area contributed by atoms with E-state index in [1.54, 1.807) is 0 Å². The second-order valence-electron chi connectivity index (χ2n) is 5.32. The predicted octanol–water partition coefficient (Wildman–Crippen LogP) is 4.70. The molecule has 1 aromatic rings. The van der Waals surface area contributed by atoms with Gasteiger partial charge in [-0.3, -0.25) is 0 Å². The third kappa shape index (κ3) is 3.88. The Bertz CT molecular complexity index is 386. The van der Waals surface area contributed by atoms with Crippen molar-refractivity contribution in [3.63, 3.8) is 0 Å². The molecule has 0 spiro atoms. The van der Waals surface area contributed by atoms with Crippen molar-refractivity contribution >= 4 is 23.2 Å². The summed E-state index contributed by atoms with van der Waals surface area (Å²) in [4.78, 5) is 0. The Labute approximate surface area is 120 Å². The van der Waals surface area contributed by atoms with Crippen molar-refractivity contribution < 1.29 is 0 Å². The summed E-state index contributed by atoms with van der Waals surface area (Å²) in [5.74, 6) is 0.908. The Morgan fingerprint density at radius 3 is 2.56 bits per heavy atom. The minimum Gasteiger partial charge on any atom is -0.317 e. The summed E-state index contributed by atoms with van der Waals surface area (Å²) in [6.07, 6.45) is 7.93. The largest absolute Gasteiger partial charge is 0.317 e. The second-order valence-corrected chi connectivity index (χ2v) is 6.14. The standard InChI is InChI=1S/C15H21Cl2N/c1-18-13(8-11-4-2-3-5-11)9-12-6-7-14(16)15(17)10-12/h6-7,10-11,13,18H,2-5,8-9H2,1H3. The maximum Gasteiger partial charge on any atom is 0.0595 e. The summed E-state index contributed by atoms with van der Waals surface area (Å²) in [5, 5.41) is 4.73. The summed E-state index contributed by atoms with van der Waals surface area (Å²) in [6, 6.07) is 6.50. The molecular formula is C15H21Cl2N. The molecule has 1 nitrogen and oxygen atoms in total. The van der Waals surface area contributed by atoms with Gasteiger partial charge in [-0.15, -0.1) is 0 Å². The van der Waals surface area contributed by atoms with Crippen molar-refractivity contribution in [3.8, 4) is 0 Å². The smallest absolute Gasteiger partial charge is 0.0595 e. The molecule has 3 heteroatoms. The highest BCUT2D eigenvalue weighted by Gasteiger charge is 2.19. The van der Waals surface area contributed by atoms with E-state index in [4.69, 9.17) is 23.2 Å². The Kier molecular flexibility index (Phi) is 5.35. The second kappa shape index (κ2) is 6.79. The van der Waals surface area contributed by atoms with Crippen LogP contribution < -0.4 is 5.32 Å². The molecule has 0 radical (unpaired) electrons. The number of benzene rings is 1. The molecule has 1 aliphatic rings. The summed E-state index contributed by atoms with van der Waals surface area (Å²) >= 11 is 12.0. The number of hydrogen-bond donors (Lipinski definition) is 1. The maximum absolute atomic E-state index is 6.06. The topological polar surface area (TPSA) is 12.0 Å². The number of halogens is 2. The molecular weight excluding hydrogens is 265 g/mol. The van der Waals surface area contributed by atoms with Gasteiger partial charge in [0.15, 0.2) is 0 Å². The van der Waals surface area contributed by atoms with Crippen molar-refractivity contribution in [2.45, 2.75) is 44.6 Å². The van der Waals surface area contributed by atoms with E-state index in [0.29, 0.717) is 16.1 Å². The molecule has 1 unspecified atom stereocenters. The molecule has 0 heterocycles. The number of rotatable bonds is 5. The first-order valence-electron chi connectivity index (χ1n) is 6.80. The van der Waals surface area contributed by atoms with Gasteiger partial charge < -0.3 is 5.32 Å². The van der Waals surface area contributed by atoms with Gasteiger partial charge in [0.05, 0.1) is 10.0 Å². The lowest BCUT2D eigenvalue weighted by atomic mass is 9.94. The quantitative estimate of drug-likeness (QED) is 0.827. The Morgan fingerprint density at radius 2 is 1.94 bits per heavy atom. The van der Waals surface area contributed by atoms with Gasteiger partial charge in [0.1, 0.15) is 0 Å². The van der Waals surface area contributed by atoms with E-state index < -0.39 is 0 Å². The summed E-state index contributed by atoms with van der Waals surface area (Å²) in [7, 11) is 2.05. The minimum absolute atomic E-state index is 0.547. The fourth-order valence-corrected chi connectivity index (χ4v) is 3.22. The van der Waals surface area contributed by atoms with Crippen LogP contribution in [0.5, 0.6) is 0 Å². The van der Waals surface area contributed by atoms with Crippen LogP contribution >= 0.6 is 23.2 Å². The first-order valence-corrected chi connectivity index (χ1v) is 7.56. The zero-order chi connectivity index (χ0) is 13.0. The van der Waals surface area contributed by atoms with Crippen molar-refractivity contribution in [1.82, 2.24) is 5.32 Å². The van der Waals surface area contributed by atoms with Crippen molar-refractivity contribution in [2.75, 3.05) is 7.05 Å². The summed E-state index contributed by atoms with van der Waals surface area (Å²) in [5.41, 5.74) is 1.27. The molecule has 1 N–H and O–H groups in total. The van der Waals surface area contributed by atoms with Crippen LogP contribution in [0.1, 0.15) is 37.7 Å². The van der Waals surface area contributed by atoms with Crippen molar-refractivity contribution in [3.05, 3.63) is 33.8 Å². The molecule has 1 aliphatic carbocycles. The van der Waals surface area contributed by atoms with Crippen LogP contribution in [0.15, 0.2) is 18.2 Å².